The Bertz CT molecular complexity index is 627. The first-order chi connectivity index (χ1) is 9.52. The number of rotatable bonds is 5. The minimum Gasteiger partial charge on any atom is -0.451 e. The van der Waals surface area contributed by atoms with E-state index in [4.69, 9.17) is 4.42 Å². The van der Waals surface area contributed by atoms with Crippen molar-refractivity contribution in [3.8, 4) is 0 Å². The summed E-state index contributed by atoms with van der Waals surface area (Å²) in [6, 6.07) is 5.97. The minimum absolute atomic E-state index is 0. The second kappa shape index (κ2) is 7.82. The van der Waals surface area contributed by atoms with Gasteiger partial charge in [0.1, 0.15) is 5.58 Å². The number of fused-ring (bicyclic) bond motifs is 1. The van der Waals surface area contributed by atoms with Crippen LogP contribution in [0.2, 0.25) is 0 Å². The molecule has 21 heavy (non-hydrogen) atoms. The van der Waals surface area contributed by atoms with E-state index in [1.807, 2.05) is 39.0 Å². The molecule has 2 aromatic rings. The van der Waals surface area contributed by atoms with Gasteiger partial charge >= 0.3 is 0 Å². The average Bonchev–Trinajstić information content (AvgIpc) is 2.74. The molecule has 0 aliphatic heterocycles. The molecular weight excluding hydrogens is 356 g/mol. The van der Waals surface area contributed by atoms with Crippen molar-refractivity contribution >= 4 is 45.2 Å². The van der Waals surface area contributed by atoms with Gasteiger partial charge in [-0.3, -0.25) is 4.79 Å². The number of hydrogen-bond acceptors (Lipinski definition) is 3. The first kappa shape index (κ1) is 18.0. The maximum atomic E-state index is 12.2. The lowest BCUT2D eigenvalue weighted by Gasteiger charge is -2.12. The average molecular weight is 376 g/mol. The maximum absolute atomic E-state index is 12.2. The molecule has 0 saturated heterocycles. The highest BCUT2D eigenvalue weighted by molar-refractivity contribution is 9.10. The third-order valence-electron chi connectivity index (χ3n) is 3.23. The number of furan rings is 1. The van der Waals surface area contributed by atoms with Crippen molar-refractivity contribution in [3.63, 3.8) is 0 Å². The lowest BCUT2D eigenvalue weighted by Crippen LogP contribution is -2.38. The molecule has 4 nitrogen and oxygen atoms in total. The second-order valence-corrected chi connectivity index (χ2v) is 5.78. The summed E-state index contributed by atoms with van der Waals surface area (Å²) in [6.45, 7) is 7.44. The molecule has 0 aliphatic carbocycles. The van der Waals surface area contributed by atoms with E-state index in [1.165, 1.54) is 0 Å². The monoisotopic (exact) mass is 374 g/mol. The Morgan fingerprint density at radius 1 is 1.43 bits per heavy atom. The van der Waals surface area contributed by atoms with Gasteiger partial charge < -0.3 is 15.1 Å². The van der Waals surface area contributed by atoms with E-state index in [-0.39, 0.29) is 24.4 Å². The molecule has 2 N–H and O–H groups in total. The molecule has 1 atom stereocenters. The van der Waals surface area contributed by atoms with Crippen LogP contribution in [0.5, 0.6) is 0 Å². The predicted molar refractivity (Wildman–Crippen MR) is 91.4 cm³/mol. The number of nitrogens with one attached hydrogen (secondary N) is 2. The first-order valence-electron chi connectivity index (χ1n) is 6.73. The Balaban J connectivity index is 0.00000220. The molecule has 1 aromatic heterocycles. The number of carbonyl (C=O) groups is 1. The normalized spacial score (nSPS) is 12.0. The van der Waals surface area contributed by atoms with Crippen molar-refractivity contribution in [2.45, 2.75) is 26.8 Å². The van der Waals surface area contributed by atoms with Crippen LogP contribution >= 0.6 is 28.3 Å². The van der Waals surface area contributed by atoms with Gasteiger partial charge in [0, 0.05) is 28.0 Å². The van der Waals surface area contributed by atoms with Crippen LogP contribution in [0.1, 0.15) is 30.0 Å². The van der Waals surface area contributed by atoms with E-state index < -0.39 is 0 Å². The topological polar surface area (TPSA) is 54.3 Å². The van der Waals surface area contributed by atoms with Gasteiger partial charge in [-0.15, -0.1) is 12.4 Å². The van der Waals surface area contributed by atoms with E-state index in [0.717, 1.165) is 27.6 Å². The highest BCUT2D eigenvalue weighted by atomic mass is 79.9. The highest BCUT2D eigenvalue weighted by Crippen LogP contribution is 2.27. The van der Waals surface area contributed by atoms with Crippen molar-refractivity contribution < 1.29 is 9.21 Å². The van der Waals surface area contributed by atoms with Gasteiger partial charge in [0.25, 0.3) is 5.91 Å². The van der Waals surface area contributed by atoms with Gasteiger partial charge in [-0.1, -0.05) is 22.9 Å². The fourth-order valence-corrected chi connectivity index (χ4v) is 2.52. The molecule has 0 aliphatic rings. The van der Waals surface area contributed by atoms with E-state index in [0.29, 0.717) is 12.3 Å². The summed E-state index contributed by atoms with van der Waals surface area (Å²) in [5.74, 6) is 0.223. The number of carbonyl (C=O) groups excluding carboxylic acids is 1. The zero-order valence-electron chi connectivity index (χ0n) is 12.3. The molecule has 1 amide bonds. The number of likely N-dealkylation sites (N-methyl/N-ethyl adjacent to an activating group) is 1. The Morgan fingerprint density at radius 2 is 2.14 bits per heavy atom. The minimum atomic E-state index is -0.167. The Morgan fingerprint density at radius 3 is 2.81 bits per heavy atom. The first-order valence-corrected chi connectivity index (χ1v) is 7.52. The van der Waals surface area contributed by atoms with Crippen molar-refractivity contribution in [1.29, 1.82) is 0 Å². The zero-order chi connectivity index (χ0) is 14.7. The van der Waals surface area contributed by atoms with Crippen LogP contribution in [0.15, 0.2) is 27.1 Å². The van der Waals surface area contributed by atoms with Gasteiger partial charge in [-0.2, -0.15) is 0 Å². The molecule has 0 bridgehead atoms. The Kier molecular flexibility index (Phi) is 6.71. The third kappa shape index (κ3) is 4.22. The number of hydrogen-bond donors (Lipinski definition) is 2. The molecule has 0 unspecified atom stereocenters. The summed E-state index contributed by atoms with van der Waals surface area (Å²) in [5, 5.41) is 7.10. The summed E-state index contributed by atoms with van der Waals surface area (Å²) < 4.78 is 6.63. The van der Waals surface area contributed by atoms with E-state index in [1.54, 1.807) is 0 Å². The summed E-state index contributed by atoms with van der Waals surface area (Å²) in [5.41, 5.74) is 1.60. The second-order valence-electron chi connectivity index (χ2n) is 4.87. The molecule has 6 heteroatoms. The van der Waals surface area contributed by atoms with Crippen molar-refractivity contribution in [2.75, 3.05) is 13.1 Å². The van der Waals surface area contributed by atoms with Crippen molar-refractivity contribution in [2.24, 2.45) is 0 Å². The van der Waals surface area contributed by atoms with Crippen molar-refractivity contribution in [1.82, 2.24) is 10.6 Å². The van der Waals surface area contributed by atoms with Crippen molar-refractivity contribution in [3.05, 3.63) is 34.0 Å². The summed E-state index contributed by atoms with van der Waals surface area (Å²) in [6.07, 6.45) is 0. The SMILES string of the molecule is CCN[C@H](C)CNC(=O)c1oc2ccc(Br)cc2c1C.Cl. The van der Waals surface area contributed by atoms with E-state index in [9.17, 15) is 4.79 Å². The largest absolute Gasteiger partial charge is 0.451 e. The van der Waals surface area contributed by atoms with Crippen LogP contribution in [-0.4, -0.2) is 25.0 Å². The number of amides is 1. The lowest BCUT2D eigenvalue weighted by atomic mass is 10.1. The third-order valence-corrected chi connectivity index (χ3v) is 3.72. The van der Waals surface area contributed by atoms with Gasteiger partial charge in [0.05, 0.1) is 0 Å². The van der Waals surface area contributed by atoms with Gasteiger partial charge in [-0.25, -0.2) is 0 Å². The maximum Gasteiger partial charge on any atom is 0.287 e. The molecule has 0 radical (unpaired) electrons. The van der Waals surface area contributed by atoms with Crippen LogP contribution in [0.3, 0.4) is 0 Å². The fraction of sp³-hybridized carbons (Fsp3) is 0.400. The smallest absolute Gasteiger partial charge is 0.287 e. The molecular formula is C15H20BrClN2O2. The Hall–Kier alpha value is -1.04. The highest BCUT2D eigenvalue weighted by Gasteiger charge is 2.17. The van der Waals surface area contributed by atoms with Crippen LogP contribution in [0.25, 0.3) is 11.0 Å². The van der Waals surface area contributed by atoms with Gasteiger partial charge in [0.15, 0.2) is 5.76 Å². The zero-order valence-corrected chi connectivity index (χ0v) is 14.7. The molecule has 1 heterocycles. The number of halogens is 2. The Labute approximate surface area is 139 Å². The predicted octanol–water partition coefficient (Wildman–Crippen LogP) is 3.65. The molecule has 0 saturated carbocycles. The van der Waals surface area contributed by atoms with Crippen LogP contribution in [0.4, 0.5) is 0 Å². The lowest BCUT2D eigenvalue weighted by molar-refractivity contribution is 0.0924. The number of aryl methyl sites for hydroxylation is 1. The van der Waals surface area contributed by atoms with Crippen LogP contribution in [0, 0.1) is 6.92 Å². The summed E-state index contributed by atoms with van der Waals surface area (Å²) in [7, 11) is 0. The van der Waals surface area contributed by atoms with Crippen LogP contribution in [-0.2, 0) is 0 Å². The number of benzene rings is 1. The molecule has 0 fully saturated rings. The van der Waals surface area contributed by atoms with E-state index >= 15 is 0 Å². The molecule has 0 spiro atoms. The van der Waals surface area contributed by atoms with Gasteiger partial charge in [0.2, 0.25) is 0 Å². The standard InChI is InChI=1S/C15H19BrN2O2.ClH/c1-4-17-9(2)8-18-15(19)14-10(3)12-7-11(16)5-6-13(12)20-14;/h5-7,9,17H,4,8H2,1-3H3,(H,18,19);1H/t9-;/m1./s1. The fourth-order valence-electron chi connectivity index (χ4n) is 2.16. The summed E-state index contributed by atoms with van der Waals surface area (Å²) in [4.78, 5) is 12.2. The quantitative estimate of drug-likeness (QED) is 0.838. The molecule has 116 valence electrons. The molecule has 2 rings (SSSR count). The van der Waals surface area contributed by atoms with E-state index in [2.05, 4.69) is 26.6 Å². The molecule has 1 aromatic carbocycles. The van der Waals surface area contributed by atoms with Crippen LogP contribution < -0.4 is 10.6 Å². The summed E-state index contributed by atoms with van der Waals surface area (Å²) >= 11 is 3.43. The van der Waals surface area contributed by atoms with Gasteiger partial charge in [-0.05, 0) is 38.6 Å².